The highest BCUT2D eigenvalue weighted by Crippen LogP contribution is 2.65. The van der Waals surface area contributed by atoms with Crippen molar-refractivity contribution in [3.05, 3.63) is 83.4 Å². The van der Waals surface area contributed by atoms with E-state index in [0.717, 1.165) is 38.5 Å². The fourth-order valence-corrected chi connectivity index (χ4v) is 9.34. The minimum atomic E-state index is -0.0322. The number of carbonyl (C=O) groups is 2. The number of nitrogens with zero attached hydrogens (tertiary/aromatic N) is 1. The van der Waals surface area contributed by atoms with E-state index in [1.165, 1.54) is 23.1 Å². The monoisotopic (exact) mass is 524 g/mol. The van der Waals surface area contributed by atoms with Gasteiger partial charge in [-0.2, -0.15) is 0 Å². The summed E-state index contributed by atoms with van der Waals surface area (Å²) in [5, 5.41) is 3.54. The summed E-state index contributed by atoms with van der Waals surface area (Å²) in [5.41, 5.74) is 3.76. The average Bonchev–Trinajstić information content (AvgIpc) is 3.30. The fraction of sp³-hybridized carbons (Fsp3) is 0.543. The Morgan fingerprint density at radius 1 is 0.974 bits per heavy atom. The molecular formula is C35H44N2O2. The van der Waals surface area contributed by atoms with E-state index in [-0.39, 0.29) is 34.6 Å². The molecule has 4 nitrogen and oxygen atoms in total. The maximum atomic E-state index is 14.1. The van der Waals surface area contributed by atoms with Crippen LogP contribution in [0.5, 0.6) is 0 Å². The van der Waals surface area contributed by atoms with Crippen molar-refractivity contribution < 1.29 is 9.59 Å². The van der Waals surface area contributed by atoms with Crippen LogP contribution in [0.1, 0.15) is 75.1 Å². The lowest BCUT2D eigenvalue weighted by molar-refractivity contribution is -0.142. The van der Waals surface area contributed by atoms with Gasteiger partial charge in [-0.05, 0) is 92.2 Å². The summed E-state index contributed by atoms with van der Waals surface area (Å²) in [7, 11) is 1.98. The van der Waals surface area contributed by atoms with Gasteiger partial charge in [0.15, 0.2) is 0 Å². The van der Waals surface area contributed by atoms with Gasteiger partial charge < -0.3 is 10.2 Å². The van der Waals surface area contributed by atoms with Crippen molar-refractivity contribution >= 4 is 11.8 Å². The second kappa shape index (κ2) is 9.94. The molecule has 2 unspecified atom stereocenters. The smallest absolute Gasteiger partial charge is 0.246 e. The van der Waals surface area contributed by atoms with Crippen molar-refractivity contribution in [1.29, 1.82) is 0 Å². The Kier molecular flexibility index (Phi) is 6.72. The van der Waals surface area contributed by atoms with Crippen molar-refractivity contribution in [1.82, 2.24) is 10.2 Å². The van der Waals surface area contributed by atoms with Crippen molar-refractivity contribution in [2.75, 3.05) is 7.05 Å². The number of benzene rings is 2. The van der Waals surface area contributed by atoms with Gasteiger partial charge in [-0.1, -0.05) is 80.1 Å². The molecule has 1 heterocycles. The summed E-state index contributed by atoms with van der Waals surface area (Å²) >= 11 is 0. The first-order valence-corrected chi connectivity index (χ1v) is 15.1. The lowest BCUT2D eigenvalue weighted by Crippen LogP contribution is -2.60. The van der Waals surface area contributed by atoms with Crippen LogP contribution in [-0.4, -0.2) is 29.8 Å². The lowest BCUT2D eigenvalue weighted by atomic mass is 9.47. The fourth-order valence-electron chi connectivity index (χ4n) is 9.34. The Bertz CT molecular complexity index is 1250. The Morgan fingerprint density at radius 3 is 2.46 bits per heavy atom. The van der Waals surface area contributed by atoms with E-state index in [1.807, 2.05) is 24.1 Å². The van der Waals surface area contributed by atoms with Crippen LogP contribution < -0.4 is 5.32 Å². The first kappa shape index (κ1) is 26.3. The maximum Gasteiger partial charge on any atom is 0.246 e. The molecule has 8 atom stereocenters. The molecule has 0 spiro atoms. The van der Waals surface area contributed by atoms with Gasteiger partial charge in [0.2, 0.25) is 11.8 Å². The highest BCUT2D eigenvalue weighted by atomic mass is 16.2. The standard InChI is InChI=1S/C35H44N2O2/c1-23-10-12-24(13-11-23)22-30(25-8-6-5-7-9-25)36-33(39)29-16-15-27-26-14-17-31-35(3,21-19-32(38)37(31)4)28(26)18-20-34(27,29)2/h5-13,19,21,26-31H,14-18,20,22H2,1-4H3,(H,36,39)/t26-,27-,28+,29?,30-,31?,34-,35+/m0/s1. The van der Waals surface area contributed by atoms with Gasteiger partial charge in [-0.15, -0.1) is 0 Å². The van der Waals surface area contributed by atoms with Crippen molar-refractivity contribution in [2.45, 2.75) is 77.8 Å². The summed E-state index contributed by atoms with van der Waals surface area (Å²) in [5.74, 6) is 2.24. The molecule has 6 rings (SSSR count). The maximum absolute atomic E-state index is 14.1. The Labute approximate surface area is 234 Å². The third kappa shape index (κ3) is 4.44. The number of hydrogen-bond acceptors (Lipinski definition) is 2. The van der Waals surface area contributed by atoms with Crippen LogP contribution in [0, 0.1) is 41.4 Å². The summed E-state index contributed by atoms with van der Waals surface area (Å²) in [4.78, 5) is 28.5. The van der Waals surface area contributed by atoms with Gasteiger partial charge in [0, 0.05) is 24.4 Å². The van der Waals surface area contributed by atoms with Crippen LogP contribution in [0.3, 0.4) is 0 Å². The summed E-state index contributed by atoms with van der Waals surface area (Å²) in [6.45, 7) is 6.93. The number of fused-ring (bicyclic) bond motifs is 5. The van der Waals surface area contributed by atoms with E-state index >= 15 is 0 Å². The van der Waals surface area contributed by atoms with Crippen molar-refractivity contribution in [3.63, 3.8) is 0 Å². The predicted molar refractivity (Wildman–Crippen MR) is 156 cm³/mol. The molecule has 4 heteroatoms. The Hall–Kier alpha value is -2.88. The zero-order valence-corrected chi connectivity index (χ0v) is 24.0. The second-order valence-corrected chi connectivity index (χ2v) is 13.5. The third-order valence-corrected chi connectivity index (χ3v) is 11.5. The molecule has 39 heavy (non-hydrogen) atoms. The largest absolute Gasteiger partial charge is 0.349 e. The van der Waals surface area contributed by atoms with Gasteiger partial charge in [0.05, 0.1) is 6.04 Å². The molecule has 3 aliphatic carbocycles. The number of carbonyl (C=O) groups excluding carboxylic acids is 2. The zero-order chi connectivity index (χ0) is 27.4. The molecule has 1 N–H and O–H groups in total. The molecule has 0 aromatic heterocycles. The van der Waals surface area contributed by atoms with E-state index in [4.69, 9.17) is 0 Å². The van der Waals surface area contributed by atoms with Crippen LogP contribution in [0.4, 0.5) is 0 Å². The average molecular weight is 525 g/mol. The first-order valence-electron chi connectivity index (χ1n) is 15.1. The molecule has 3 saturated carbocycles. The number of aryl methyl sites for hydroxylation is 1. The van der Waals surface area contributed by atoms with E-state index in [9.17, 15) is 9.59 Å². The molecule has 0 bridgehead atoms. The molecule has 3 fully saturated rings. The van der Waals surface area contributed by atoms with Crippen LogP contribution in [0.2, 0.25) is 0 Å². The van der Waals surface area contributed by atoms with E-state index in [0.29, 0.717) is 23.8 Å². The highest BCUT2D eigenvalue weighted by molar-refractivity contribution is 5.89. The number of rotatable bonds is 5. The quantitative estimate of drug-likeness (QED) is 0.476. The molecule has 2 amide bonds. The van der Waals surface area contributed by atoms with Gasteiger partial charge in [-0.25, -0.2) is 0 Å². The normalized spacial score (nSPS) is 36.1. The van der Waals surface area contributed by atoms with E-state index in [1.54, 1.807) is 0 Å². The van der Waals surface area contributed by atoms with E-state index in [2.05, 4.69) is 80.7 Å². The SMILES string of the molecule is Cc1ccc(C[C@H](NC(=O)C2CC[C@H]3[C@@H]4CCC5N(C)C(=O)C=C[C@]5(C)[C@@H]4CC[C@]23C)c2ccccc2)cc1. The highest BCUT2D eigenvalue weighted by Gasteiger charge is 2.61. The topological polar surface area (TPSA) is 49.4 Å². The molecule has 0 saturated heterocycles. The number of amides is 2. The minimum Gasteiger partial charge on any atom is -0.349 e. The predicted octanol–water partition coefficient (Wildman–Crippen LogP) is 6.65. The molecular weight excluding hydrogens is 480 g/mol. The number of hydrogen-bond donors (Lipinski definition) is 1. The number of nitrogens with one attached hydrogen (secondary N) is 1. The molecule has 206 valence electrons. The minimum absolute atomic E-state index is 0.0322. The molecule has 0 radical (unpaired) electrons. The number of likely N-dealkylation sites (N-methyl/N-ethyl adjacent to an activating group) is 1. The van der Waals surface area contributed by atoms with Gasteiger partial charge in [0.25, 0.3) is 0 Å². The summed E-state index contributed by atoms with van der Waals surface area (Å²) in [6.07, 6.45) is 11.5. The van der Waals surface area contributed by atoms with Gasteiger partial charge >= 0.3 is 0 Å². The third-order valence-electron chi connectivity index (χ3n) is 11.5. The molecule has 2 aromatic rings. The Morgan fingerprint density at radius 2 is 1.72 bits per heavy atom. The van der Waals surface area contributed by atoms with Gasteiger partial charge in [-0.3, -0.25) is 9.59 Å². The first-order chi connectivity index (χ1) is 18.7. The van der Waals surface area contributed by atoms with E-state index < -0.39 is 0 Å². The molecule has 4 aliphatic rings. The van der Waals surface area contributed by atoms with Crippen LogP contribution >= 0.6 is 0 Å². The van der Waals surface area contributed by atoms with Crippen LogP contribution in [-0.2, 0) is 16.0 Å². The lowest BCUT2D eigenvalue weighted by Gasteiger charge is -2.60. The van der Waals surface area contributed by atoms with Gasteiger partial charge in [0.1, 0.15) is 0 Å². The zero-order valence-electron chi connectivity index (χ0n) is 24.0. The van der Waals surface area contributed by atoms with Crippen LogP contribution in [0.15, 0.2) is 66.7 Å². The van der Waals surface area contributed by atoms with Crippen molar-refractivity contribution in [2.24, 2.45) is 34.5 Å². The Balaban J connectivity index is 1.22. The summed E-state index contributed by atoms with van der Waals surface area (Å²) in [6, 6.07) is 19.4. The molecule has 2 aromatic carbocycles. The van der Waals surface area contributed by atoms with Crippen LogP contribution in [0.25, 0.3) is 0 Å². The molecule has 1 aliphatic heterocycles. The second-order valence-electron chi connectivity index (χ2n) is 13.5. The van der Waals surface area contributed by atoms with Crippen molar-refractivity contribution in [3.8, 4) is 0 Å². The summed E-state index contributed by atoms with van der Waals surface area (Å²) < 4.78 is 0.